The van der Waals surface area contributed by atoms with Gasteiger partial charge in [0.1, 0.15) is 0 Å². The maximum atomic E-state index is 13.3. The van der Waals surface area contributed by atoms with Crippen LogP contribution in [0.4, 0.5) is 0 Å². The highest BCUT2D eigenvalue weighted by Gasteiger charge is 2.14. The fraction of sp³-hybridized carbons (Fsp3) is 0.120. The first-order chi connectivity index (χ1) is 15.9. The van der Waals surface area contributed by atoms with Gasteiger partial charge < -0.3 is 0 Å². The normalized spacial score (nSPS) is 11.5. The Kier molecular flexibility index (Phi) is 7.05. The Labute approximate surface area is 203 Å². The van der Waals surface area contributed by atoms with Crippen LogP contribution in [-0.4, -0.2) is 26.9 Å². The third kappa shape index (κ3) is 5.40. The molecule has 0 aliphatic carbocycles. The number of aryl methyl sites for hydroxylation is 1. The summed E-state index contributed by atoms with van der Waals surface area (Å²) in [6.45, 7) is 3.82. The van der Waals surface area contributed by atoms with Gasteiger partial charge in [-0.15, -0.1) is 0 Å². The number of aromatic nitrogens is 2. The Morgan fingerprint density at radius 1 is 1.09 bits per heavy atom. The third-order valence-corrected chi connectivity index (χ3v) is 6.39. The highest BCUT2D eigenvalue weighted by molar-refractivity contribution is 9.10. The number of para-hydroxylation sites is 1. The maximum Gasteiger partial charge on any atom is 0.266 e. The molecular weight excluding hydrogens is 500 g/mol. The van der Waals surface area contributed by atoms with Crippen molar-refractivity contribution >= 4 is 50.2 Å². The zero-order valence-corrected chi connectivity index (χ0v) is 20.5. The van der Waals surface area contributed by atoms with Crippen LogP contribution in [0.5, 0.6) is 0 Å². The second kappa shape index (κ2) is 10.1. The van der Waals surface area contributed by atoms with Crippen molar-refractivity contribution in [1.29, 1.82) is 0 Å². The molecule has 8 heteroatoms. The largest absolute Gasteiger partial charge is 0.272 e. The zero-order valence-electron chi connectivity index (χ0n) is 18.1. The third-order valence-electron chi connectivity index (χ3n) is 4.96. The molecule has 0 unspecified atom stereocenters. The zero-order chi connectivity index (χ0) is 23.4. The molecule has 1 aromatic heterocycles. The predicted octanol–water partition coefficient (Wildman–Crippen LogP) is 5.09. The second-order valence-corrected chi connectivity index (χ2v) is 9.28. The van der Waals surface area contributed by atoms with Gasteiger partial charge in [0, 0.05) is 4.47 Å². The number of fused-ring (bicyclic) bond motifs is 1. The van der Waals surface area contributed by atoms with E-state index in [4.69, 9.17) is 0 Å². The van der Waals surface area contributed by atoms with E-state index < -0.39 is 0 Å². The van der Waals surface area contributed by atoms with E-state index in [1.807, 2.05) is 74.5 Å². The molecule has 4 aromatic rings. The molecule has 166 valence electrons. The molecule has 33 heavy (non-hydrogen) atoms. The number of carbonyl (C=O) groups excluding carboxylic acids is 1. The van der Waals surface area contributed by atoms with Crippen LogP contribution in [0.25, 0.3) is 16.6 Å². The predicted molar refractivity (Wildman–Crippen MR) is 137 cm³/mol. The minimum atomic E-state index is -0.285. The van der Waals surface area contributed by atoms with E-state index in [9.17, 15) is 9.59 Å². The second-order valence-electron chi connectivity index (χ2n) is 7.42. The van der Waals surface area contributed by atoms with Gasteiger partial charge in [-0.1, -0.05) is 69.7 Å². The summed E-state index contributed by atoms with van der Waals surface area (Å²) >= 11 is 4.63. The van der Waals surface area contributed by atoms with Crippen molar-refractivity contribution in [1.82, 2.24) is 15.0 Å². The molecule has 0 fully saturated rings. The number of carbonyl (C=O) groups is 1. The standard InChI is InChI=1S/C25H21BrN4O2S/c1-16-10-12-20(13-11-16)30-24(32)21-8-3-4-9-22(21)27-25(30)33-15-23(31)29-28-17(2)18-6-5-7-19(26)14-18/h3-14H,15H2,1-2H3,(H,29,31)/b28-17+. The van der Waals surface area contributed by atoms with Crippen LogP contribution in [0.1, 0.15) is 18.1 Å². The summed E-state index contributed by atoms with van der Waals surface area (Å²) in [5, 5.41) is 5.18. The van der Waals surface area contributed by atoms with Gasteiger partial charge >= 0.3 is 0 Å². The minimum absolute atomic E-state index is 0.0614. The quantitative estimate of drug-likeness (QED) is 0.166. The molecule has 1 N–H and O–H groups in total. The maximum absolute atomic E-state index is 13.3. The number of hydrazone groups is 1. The van der Waals surface area contributed by atoms with Crippen molar-refractivity contribution in [3.63, 3.8) is 0 Å². The number of nitrogens with one attached hydrogen (secondary N) is 1. The van der Waals surface area contributed by atoms with Crippen LogP contribution in [0.15, 0.2) is 92.3 Å². The first-order valence-electron chi connectivity index (χ1n) is 10.2. The Bertz CT molecular complexity index is 1410. The topological polar surface area (TPSA) is 76.3 Å². The van der Waals surface area contributed by atoms with E-state index in [0.29, 0.717) is 27.5 Å². The van der Waals surface area contributed by atoms with Gasteiger partial charge in [-0.3, -0.25) is 14.2 Å². The van der Waals surface area contributed by atoms with E-state index in [1.165, 1.54) is 11.8 Å². The van der Waals surface area contributed by atoms with Crippen LogP contribution in [0.2, 0.25) is 0 Å². The van der Waals surface area contributed by atoms with Gasteiger partial charge in [0.05, 0.1) is 28.1 Å². The summed E-state index contributed by atoms with van der Waals surface area (Å²) in [5.41, 5.74) is 6.40. The first-order valence-corrected chi connectivity index (χ1v) is 12.0. The highest BCUT2D eigenvalue weighted by Crippen LogP contribution is 2.21. The molecule has 0 bridgehead atoms. The number of benzene rings is 3. The van der Waals surface area contributed by atoms with Crippen LogP contribution < -0.4 is 11.0 Å². The number of rotatable bonds is 6. The summed E-state index contributed by atoms with van der Waals surface area (Å²) in [7, 11) is 0. The average Bonchev–Trinajstić information content (AvgIpc) is 2.82. The average molecular weight is 521 g/mol. The molecule has 0 aliphatic heterocycles. The number of halogens is 1. The fourth-order valence-corrected chi connectivity index (χ4v) is 4.42. The van der Waals surface area contributed by atoms with Crippen molar-refractivity contribution in [2.45, 2.75) is 19.0 Å². The van der Waals surface area contributed by atoms with Crippen molar-refractivity contribution in [3.05, 3.63) is 98.7 Å². The van der Waals surface area contributed by atoms with Crippen LogP contribution in [0.3, 0.4) is 0 Å². The molecule has 0 radical (unpaired) electrons. The molecule has 1 heterocycles. The molecule has 0 saturated carbocycles. The van der Waals surface area contributed by atoms with E-state index >= 15 is 0 Å². The van der Waals surface area contributed by atoms with Crippen LogP contribution >= 0.6 is 27.7 Å². The molecule has 6 nitrogen and oxygen atoms in total. The molecule has 0 aliphatic rings. The molecule has 0 atom stereocenters. The Morgan fingerprint density at radius 2 is 1.85 bits per heavy atom. The van der Waals surface area contributed by atoms with E-state index in [0.717, 1.165) is 15.6 Å². The van der Waals surface area contributed by atoms with E-state index in [2.05, 4.69) is 31.4 Å². The summed E-state index contributed by atoms with van der Waals surface area (Å²) in [6, 6.07) is 22.5. The summed E-state index contributed by atoms with van der Waals surface area (Å²) < 4.78 is 2.49. The van der Waals surface area contributed by atoms with Crippen molar-refractivity contribution < 1.29 is 4.79 Å². The Balaban J connectivity index is 1.58. The molecule has 1 amide bonds. The van der Waals surface area contributed by atoms with Gasteiger partial charge in [-0.25, -0.2) is 10.4 Å². The van der Waals surface area contributed by atoms with Gasteiger partial charge in [0.25, 0.3) is 11.5 Å². The first kappa shape index (κ1) is 22.9. The molecule has 4 rings (SSSR count). The van der Waals surface area contributed by atoms with E-state index in [1.54, 1.807) is 16.7 Å². The van der Waals surface area contributed by atoms with Crippen molar-refractivity contribution in [2.24, 2.45) is 5.10 Å². The molecule has 0 saturated heterocycles. The SMILES string of the molecule is C/C(=N\NC(=O)CSc1nc2ccccc2c(=O)n1-c1ccc(C)cc1)c1cccc(Br)c1. The number of thioether (sulfide) groups is 1. The summed E-state index contributed by atoms with van der Waals surface area (Å²) in [6.07, 6.45) is 0. The summed E-state index contributed by atoms with van der Waals surface area (Å²) in [5.74, 6) is -0.224. The van der Waals surface area contributed by atoms with Crippen molar-refractivity contribution in [2.75, 3.05) is 5.75 Å². The van der Waals surface area contributed by atoms with E-state index in [-0.39, 0.29) is 17.2 Å². The Hall–Kier alpha value is -3.23. The highest BCUT2D eigenvalue weighted by atomic mass is 79.9. The van der Waals surface area contributed by atoms with Crippen LogP contribution in [0, 0.1) is 6.92 Å². The number of amides is 1. The molecule has 3 aromatic carbocycles. The number of nitrogens with zero attached hydrogens (tertiary/aromatic N) is 3. The lowest BCUT2D eigenvalue weighted by molar-refractivity contribution is -0.118. The molecule has 0 spiro atoms. The minimum Gasteiger partial charge on any atom is -0.272 e. The number of hydrogen-bond acceptors (Lipinski definition) is 5. The lowest BCUT2D eigenvalue weighted by Gasteiger charge is -2.13. The van der Waals surface area contributed by atoms with Crippen LogP contribution in [-0.2, 0) is 4.79 Å². The lowest BCUT2D eigenvalue weighted by Crippen LogP contribution is -2.24. The van der Waals surface area contributed by atoms with Gasteiger partial charge in [-0.2, -0.15) is 5.10 Å². The van der Waals surface area contributed by atoms with Gasteiger partial charge in [0.2, 0.25) is 0 Å². The Morgan fingerprint density at radius 3 is 2.61 bits per heavy atom. The van der Waals surface area contributed by atoms with Crippen molar-refractivity contribution in [3.8, 4) is 5.69 Å². The monoisotopic (exact) mass is 520 g/mol. The van der Waals surface area contributed by atoms with Gasteiger partial charge in [0.15, 0.2) is 5.16 Å². The summed E-state index contributed by atoms with van der Waals surface area (Å²) in [4.78, 5) is 30.4. The lowest BCUT2D eigenvalue weighted by atomic mass is 10.1. The molecular formula is C25H21BrN4O2S. The fourth-order valence-electron chi connectivity index (χ4n) is 3.22. The smallest absolute Gasteiger partial charge is 0.266 e. The van der Waals surface area contributed by atoms with Gasteiger partial charge in [-0.05, 0) is 55.8 Å². The number of hydrogen-bond donors (Lipinski definition) is 1.